The van der Waals surface area contributed by atoms with Gasteiger partial charge in [0.05, 0.1) is 12.8 Å². The Morgan fingerprint density at radius 3 is 2.70 bits per heavy atom. The smallest absolute Gasteiger partial charge is 0.407 e. The zero-order valence-corrected chi connectivity index (χ0v) is 15.7. The van der Waals surface area contributed by atoms with Crippen LogP contribution in [0.15, 0.2) is 42.7 Å². The van der Waals surface area contributed by atoms with Gasteiger partial charge < -0.3 is 19.2 Å². The number of hydrogen-bond acceptors (Lipinski definition) is 4. The van der Waals surface area contributed by atoms with Crippen LogP contribution < -0.4 is 10.1 Å². The van der Waals surface area contributed by atoms with E-state index in [0.717, 1.165) is 5.65 Å². The van der Waals surface area contributed by atoms with Crippen molar-refractivity contribution in [2.24, 2.45) is 0 Å². The number of amides is 1. The highest BCUT2D eigenvalue weighted by atomic mass is 19.1. The molecule has 1 amide bonds. The Hall–Kier alpha value is -3.09. The summed E-state index contributed by atoms with van der Waals surface area (Å²) in [5.74, 6) is -0.438. The summed E-state index contributed by atoms with van der Waals surface area (Å²) in [4.78, 5) is 16.5. The van der Waals surface area contributed by atoms with Gasteiger partial charge in [0, 0.05) is 30.1 Å². The molecule has 0 aliphatic carbocycles. The molecule has 0 bridgehead atoms. The molecule has 3 rings (SSSR count). The van der Waals surface area contributed by atoms with E-state index in [1.165, 1.54) is 7.11 Å². The minimum absolute atomic E-state index is 0.0544. The van der Waals surface area contributed by atoms with E-state index in [2.05, 4.69) is 10.3 Å². The van der Waals surface area contributed by atoms with Crippen molar-refractivity contribution in [1.29, 1.82) is 0 Å². The Kier molecular flexibility index (Phi) is 5.03. The summed E-state index contributed by atoms with van der Waals surface area (Å²) >= 11 is 0. The van der Waals surface area contributed by atoms with Crippen molar-refractivity contribution in [3.05, 3.63) is 54.1 Å². The number of halogens is 1. The Morgan fingerprint density at radius 1 is 1.26 bits per heavy atom. The average molecular weight is 371 g/mol. The Bertz CT molecular complexity index is 943. The number of imidazole rings is 1. The van der Waals surface area contributed by atoms with E-state index in [0.29, 0.717) is 11.3 Å². The number of benzene rings is 1. The first kappa shape index (κ1) is 18.7. The fourth-order valence-electron chi connectivity index (χ4n) is 2.71. The van der Waals surface area contributed by atoms with E-state index in [9.17, 15) is 9.18 Å². The number of nitrogens with zero attached hydrogens (tertiary/aromatic N) is 2. The lowest BCUT2D eigenvalue weighted by Gasteiger charge is -2.20. The maximum atomic E-state index is 14.9. The lowest BCUT2D eigenvalue weighted by molar-refractivity contribution is 0.0523. The van der Waals surface area contributed by atoms with Gasteiger partial charge in [-0.1, -0.05) is 6.07 Å². The van der Waals surface area contributed by atoms with Gasteiger partial charge in [-0.25, -0.2) is 14.2 Å². The quantitative estimate of drug-likeness (QED) is 0.747. The molecule has 0 saturated heterocycles. The minimum Gasteiger partial charge on any atom is -0.494 e. The highest BCUT2D eigenvalue weighted by molar-refractivity contribution is 5.71. The molecule has 6 nitrogen and oxygen atoms in total. The van der Waals surface area contributed by atoms with Crippen molar-refractivity contribution in [3.63, 3.8) is 0 Å². The predicted molar refractivity (Wildman–Crippen MR) is 100 cm³/mol. The fraction of sp³-hybridized carbons (Fsp3) is 0.300. The highest BCUT2D eigenvalue weighted by Gasteiger charge is 2.20. The monoisotopic (exact) mass is 371 g/mol. The molecule has 1 N–H and O–H groups in total. The van der Waals surface area contributed by atoms with Crippen LogP contribution in [0.5, 0.6) is 5.75 Å². The number of aromatic nitrogens is 2. The van der Waals surface area contributed by atoms with Gasteiger partial charge in [-0.15, -0.1) is 0 Å². The highest BCUT2D eigenvalue weighted by Crippen LogP contribution is 2.31. The minimum atomic E-state index is -0.637. The Balaban J connectivity index is 1.96. The first-order chi connectivity index (χ1) is 12.8. The summed E-state index contributed by atoms with van der Waals surface area (Å²) in [6, 6.07) is 8.91. The van der Waals surface area contributed by atoms with Crippen LogP contribution in [0, 0.1) is 5.82 Å². The largest absolute Gasteiger partial charge is 0.494 e. The number of methoxy groups -OCH3 is 1. The van der Waals surface area contributed by atoms with E-state index in [4.69, 9.17) is 9.47 Å². The topological polar surface area (TPSA) is 64.9 Å². The molecule has 1 aromatic carbocycles. The molecule has 142 valence electrons. The van der Waals surface area contributed by atoms with Gasteiger partial charge >= 0.3 is 6.09 Å². The number of fused-ring (bicyclic) bond motifs is 1. The van der Waals surface area contributed by atoms with Crippen molar-refractivity contribution < 1.29 is 18.7 Å². The summed E-state index contributed by atoms with van der Waals surface area (Å²) in [5, 5.41) is 2.60. The van der Waals surface area contributed by atoms with E-state index >= 15 is 0 Å². The first-order valence-corrected chi connectivity index (χ1v) is 8.55. The molecule has 7 heteroatoms. The molecule has 0 fully saturated rings. The average Bonchev–Trinajstić information content (AvgIpc) is 3.02. The predicted octanol–water partition coefficient (Wildman–Crippen LogP) is 4.17. The second-order valence-electron chi connectivity index (χ2n) is 7.06. The van der Waals surface area contributed by atoms with Crippen LogP contribution >= 0.6 is 0 Å². The van der Waals surface area contributed by atoms with Crippen molar-refractivity contribution in [2.45, 2.75) is 32.9 Å². The molecule has 0 spiro atoms. The van der Waals surface area contributed by atoms with Gasteiger partial charge in [0.15, 0.2) is 11.6 Å². The first-order valence-electron chi connectivity index (χ1n) is 8.55. The van der Waals surface area contributed by atoms with Gasteiger partial charge in [-0.3, -0.25) is 0 Å². The third kappa shape index (κ3) is 4.19. The van der Waals surface area contributed by atoms with Crippen LogP contribution in [-0.2, 0) is 11.3 Å². The van der Waals surface area contributed by atoms with Crippen molar-refractivity contribution in [2.75, 3.05) is 7.11 Å². The molecule has 0 atom stereocenters. The molecule has 0 aliphatic rings. The third-order valence-electron chi connectivity index (χ3n) is 3.88. The molecule has 3 aromatic rings. The maximum absolute atomic E-state index is 14.9. The summed E-state index contributed by atoms with van der Waals surface area (Å²) in [7, 11) is 1.40. The van der Waals surface area contributed by atoms with Crippen molar-refractivity contribution in [3.8, 4) is 17.0 Å². The number of ether oxygens (including phenoxy) is 2. The van der Waals surface area contributed by atoms with E-state index in [1.54, 1.807) is 32.9 Å². The Morgan fingerprint density at radius 2 is 2.04 bits per heavy atom. The number of carbonyl (C=O) groups excluding carboxylic acids is 1. The van der Waals surface area contributed by atoms with Crippen LogP contribution in [-0.4, -0.2) is 28.2 Å². The molecule has 2 aromatic heterocycles. The zero-order chi connectivity index (χ0) is 19.6. The number of pyridine rings is 1. The molecule has 2 heterocycles. The van der Waals surface area contributed by atoms with Gasteiger partial charge in [-0.05, 0) is 45.0 Å². The summed E-state index contributed by atoms with van der Waals surface area (Å²) in [5.41, 5.74) is 1.57. The zero-order valence-electron chi connectivity index (χ0n) is 15.7. The van der Waals surface area contributed by atoms with Crippen LogP contribution in [0.2, 0.25) is 0 Å². The number of nitrogens with one attached hydrogen (secondary N) is 1. The van der Waals surface area contributed by atoms with Gasteiger partial charge in [0.2, 0.25) is 0 Å². The van der Waals surface area contributed by atoms with E-state index in [1.807, 2.05) is 35.0 Å². The number of hydrogen-bond donors (Lipinski definition) is 1. The van der Waals surface area contributed by atoms with Crippen LogP contribution in [0.25, 0.3) is 16.9 Å². The normalized spacial score (nSPS) is 11.4. The summed E-state index contributed by atoms with van der Waals surface area (Å²) in [6.07, 6.45) is 3.06. The molecule has 0 unspecified atom stereocenters. The van der Waals surface area contributed by atoms with E-state index in [-0.39, 0.29) is 17.9 Å². The second-order valence-corrected chi connectivity index (χ2v) is 7.06. The number of carbonyl (C=O) groups is 1. The maximum Gasteiger partial charge on any atom is 0.407 e. The molecule has 0 aliphatic heterocycles. The second kappa shape index (κ2) is 7.26. The third-order valence-corrected chi connectivity index (χ3v) is 3.88. The van der Waals surface area contributed by atoms with Gasteiger partial charge in [0.1, 0.15) is 11.2 Å². The van der Waals surface area contributed by atoms with Crippen molar-refractivity contribution in [1.82, 2.24) is 14.7 Å². The summed E-state index contributed by atoms with van der Waals surface area (Å²) in [6.45, 7) is 5.24. The molecular weight excluding hydrogens is 349 g/mol. The molecule has 27 heavy (non-hydrogen) atoms. The fourth-order valence-corrected chi connectivity index (χ4v) is 2.71. The van der Waals surface area contributed by atoms with Crippen LogP contribution in [0.4, 0.5) is 9.18 Å². The molecule has 0 saturated carbocycles. The van der Waals surface area contributed by atoms with Gasteiger partial charge in [-0.2, -0.15) is 0 Å². The standard InChI is InChI=1S/C20H22FN3O3/c1-20(2,3)27-19(25)22-11-14-13(8-9-16(26-4)18(14)21)15-12-24-10-6-5-7-17(24)23-15/h5-10,12H,11H2,1-4H3,(H,22,25). The lowest BCUT2D eigenvalue weighted by atomic mass is 10.0. The summed E-state index contributed by atoms with van der Waals surface area (Å²) < 4.78 is 27.1. The number of rotatable bonds is 4. The number of alkyl carbamates (subject to hydrolysis) is 1. The SMILES string of the molecule is COc1ccc(-c2cn3ccccc3n2)c(CNC(=O)OC(C)(C)C)c1F. The van der Waals surface area contributed by atoms with Gasteiger partial charge in [0.25, 0.3) is 0 Å². The van der Waals surface area contributed by atoms with E-state index < -0.39 is 17.5 Å². The molecular formula is C20H22FN3O3. The Labute approximate surface area is 156 Å². The van der Waals surface area contributed by atoms with Crippen LogP contribution in [0.1, 0.15) is 26.3 Å². The lowest BCUT2D eigenvalue weighted by Crippen LogP contribution is -2.32. The van der Waals surface area contributed by atoms with Crippen molar-refractivity contribution >= 4 is 11.7 Å². The van der Waals surface area contributed by atoms with Crippen LogP contribution in [0.3, 0.4) is 0 Å². The molecule has 0 radical (unpaired) electrons.